The van der Waals surface area contributed by atoms with Gasteiger partial charge in [-0.25, -0.2) is 4.79 Å². The monoisotopic (exact) mass is 328 g/mol. The molecule has 0 aliphatic carbocycles. The van der Waals surface area contributed by atoms with E-state index in [9.17, 15) is 9.59 Å². The Morgan fingerprint density at radius 3 is 2.50 bits per heavy atom. The fraction of sp³-hybridized carbons (Fsp3) is 0.368. The molecule has 0 radical (unpaired) electrons. The molecule has 2 rings (SSSR count). The van der Waals surface area contributed by atoms with E-state index in [4.69, 9.17) is 4.74 Å². The average molecular weight is 328 g/mol. The van der Waals surface area contributed by atoms with Crippen LogP contribution in [-0.2, 0) is 16.1 Å². The van der Waals surface area contributed by atoms with Crippen LogP contribution in [-0.4, -0.2) is 47.5 Å². The number of ether oxygens (including phenoxy) is 1. The van der Waals surface area contributed by atoms with Gasteiger partial charge in [0, 0.05) is 19.6 Å². The van der Waals surface area contributed by atoms with Gasteiger partial charge >= 0.3 is 6.09 Å². The van der Waals surface area contributed by atoms with Crippen molar-refractivity contribution in [3.8, 4) is 0 Å². The topological polar surface area (TPSA) is 49.9 Å². The molecule has 1 unspecified atom stereocenters. The Kier molecular flexibility index (Phi) is 6.61. The normalized spacial score (nSPS) is 16.5. The Labute approximate surface area is 143 Å². The number of rotatable bonds is 7. The van der Waals surface area contributed by atoms with Crippen LogP contribution >= 0.6 is 0 Å². The molecule has 1 aliphatic heterocycles. The summed E-state index contributed by atoms with van der Waals surface area (Å²) < 4.78 is 5.37. The van der Waals surface area contributed by atoms with Gasteiger partial charge in [-0.15, -0.1) is 13.2 Å². The largest absolute Gasteiger partial charge is 0.445 e. The lowest BCUT2D eigenvalue weighted by Crippen LogP contribution is -2.48. The summed E-state index contributed by atoms with van der Waals surface area (Å²) in [5, 5.41) is 0. The maximum Gasteiger partial charge on any atom is 0.410 e. The molecular weight excluding hydrogens is 304 g/mol. The fourth-order valence-corrected chi connectivity index (χ4v) is 2.82. The van der Waals surface area contributed by atoms with Crippen molar-refractivity contribution in [2.24, 2.45) is 0 Å². The van der Waals surface area contributed by atoms with Gasteiger partial charge in [0.1, 0.15) is 12.6 Å². The summed E-state index contributed by atoms with van der Waals surface area (Å²) in [6.45, 7) is 8.98. The Morgan fingerprint density at radius 2 is 1.88 bits per heavy atom. The van der Waals surface area contributed by atoms with E-state index < -0.39 is 12.1 Å². The van der Waals surface area contributed by atoms with Gasteiger partial charge in [-0.1, -0.05) is 42.5 Å². The third kappa shape index (κ3) is 4.47. The van der Waals surface area contributed by atoms with Crippen LogP contribution < -0.4 is 0 Å². The van der Waals surface area contributed by atoms with E-state index >= 15 is 0 Å². The van der Waals surface area contributed by atoms with Crippen molar-refractivity contribution in [3.05, 3.63) is 61.2 Å². The summed E-state index contributed by atoms with van der Waals surface area (Å²) in [6.07, 6.45) is 4.37. The van der Waals surface area contributed by atoms with Crippen LogP contribution in [0.1, 0.15) is 18.4 Å². The van der Waals surface area contributed by atoms with Gasteiger partial charge in [-0.3, -0.25) is 9.69 Å². The highest BCUT2D eigenvalue weighted by molar-refractivity contribution is 5.86. The second-order valence-corrected chi connectivity index (χ2v) is 5.71. The fourth-order valence-electron chi connectivity index (χ4n) is 2.82. The minimum atomic E-state index is -0.465. The molecule has 0 N–H and O–H groups in total. The standard InChI is InChI=1S/C19H24N2O3/c1-3-12-20(13-4-2)18(22)17-11-8-14-21(17)19(23)24-15-16-9-6-5-7-10-16/h3-7,9-10,17H,1-2,8,11-15H2. The highest BCUT2D eigenvalue weighted by Gasteiger charge is 2.36. The number of likely N-dealkylation sites (tertiary alicyclic amines) is 1. The molecule has 5 nitrogen and oxygen atoms in total. The molecule has 1 aromatic carbocycles. The highest BCUT2D eigenvalue weighted by atomic mass is 16.6. The molecule has 1 fully saturated rings. The quantitative estimate of drug-likeness (QED) is 0.723. The number of nitrogens with zero attached hydrogens (tertiary/aromatic N) is 2. The minimum Gasteiger partial charge on any atom is -0.445 e. The number of hydrogen-bond acceptors (Lipinski definition) is 3. The molecule has 24 heavy (non-hydrogen) atoms. The third-order valence-electron chi connectivity index (χ3n) is 3.99. The van der Waals surface area contributed by atoms with Gasteiger partial charge in [0.25, 0.3) is 0 Å². The molecule has 5 heteroatoms. The summed E-state index contributed by atoms with van der Waals surface area (Å²) in [5.41, 5.74) is 0.924. The summed E-state index contributed by atoms with van der Waals surface area (Å²) in [6, 6.07) is 9.04. The molecule has 0 bridgehead atoms. The predicted molar refractivity (Wildman–Crippen MR) is 93.3 cm³/mol. The van der Waals surface area contributed by atoms with Crippen molar-refractivity contribution in [1.82, 2.24) is 9.80 Å². The lowest BCUT2D eigenvalue weighted by atomic mass is 10.2. The number of amides is 2. The minimum absolute atomic E-state index is 0.0797. The van der Waals surface area contributed by atoms with Crippen LogP contribution in [0.5, 0.6) is 0 Å². The van der Waals surface area contributed by atoms with Gasteiger partial charge in [-0.2, -0.15) is 0 Å². The van der Waals surface area contributed by atoms with E-state index in [0.29, 0.717) is 26.1 Å². The molecule has 0 aromatic heterocycles. The first-order valence-corrected chi connectivity index (χ1v) is 8.15. The Morgan fingerprint density at radius 1 is 1.21 bits per heavy atom. The summed E-state index contributed by atoms with van der Waals surface area (Å²) >= 11 is 0. The van der Waals surface area contributed by atoms with Crippen molar-refractivity contribution >= 4 is 12.0 Å². The zero-order valence-electron chi connectivity index (χ0n) is 13.9. The molecule has 0 spiro atoms. The lowest BCUT2D eigenvalue weighted by molar-refractivity contribution is -0.134. The molecule has 1 atom stereocenters. The third-order valence-corrected chi connectivity index (χ3v) is 3.99. The maximum atomic E-state index is 12.7. The smallest absolute Gasteiger partial charge is 0.410 e. The molecule has 0 saturated carbocycles. The van der Waals surface area contributed by atoms with E-state index in [-0.39, 0.29) is 12.5 Å². The SMILES string of the molecule is C=CCN(CC=C)C(=O)C1CCCN1C(=O)OCc1ccccc1. The first-order chi connectivity index (χ1) is 11.7. The molecule has 128 valence electrons. The van der Waals surface area contributed by atoms with Crippen LogP contribution in [0.3, 0.4) is 0 Å². The van der Waals surface area contributed by atoms with Crippen molar-refractivity contribution < 1.29 is 14.3 Å². The van der Waals surface area contributed by atoms with E-state index in [1.165, 1.54) is 4.90 Å². The van der Waals surface area contributed by atoms with Crippen molar-refractivity contribution in [2.75, 3.05) is 19.6 Å². The van der Waals surface area contributed by atoms with Crippen LogP contribution in [0.25, 0.3) is 0 Å². The zero-order valence-corrected chi connectivity index (χ0v) is 13.9. The predicted octanol–water partition coefficient (Wildman–Crippen LogP) is 2.99. The first kappa shape index (κ1) is 17.8. The van der Waals surface area contributed by atoms with Crippen LogP contribution in [0.2, 0.25) is 0 Å². The first-order valence-electron chi connectivity index (χ1n) is 8.15. The second-order valence-electron chi connectivity index (χ2n) is 5.71. The number of benzene rings is 1. The van der Waals surface area contributed by atoms with E-state index in [1.54, 1.807) is 17.1 Å². The molecular formula is C19H24N2O3. The molecule has 2 amide bonds. The van der Waals surface area contributed by atoms with Gasteiger partial charge in [-0.05, 0) is 18.4 Å². The summed E-state index contributed by atoms with van der Waals surface area (Å²) in [7, 11) is 0. The van der Waals surface area contributed by atoms with Crippen molar-refractivity contribution in [3.63, 3.8) is 0 Å². The highest BCUT2D eigenvalue weighted by Crippen LogP contribution is 2.21. The molecule has 1 heterocycles. The van der Waals surface area contributed by atoms with Gasteiger partial charge in [0.15, 0.2) is 0 Å². The summed E-state index contributed by atoms with van der Waals surface area (Å²) in [5.74, 6) is -0.0797. The average Bonchev–Trinajstić information content (AvgIpc) is 3.09. The van der Waals surface area contributed by atoms with E-state index in [1.807, 2.05) is 30.3 Å². The number of carbonyl (C=O) groups is 2. The zero-order chi connectivity index (χ0) is 17.4. The maximum absolute atomic E-state index is 12.7. The number of carbonyl (C=O) groups excluding carboxylic acids is 2. The number of hydrogen-bond donors (Lipinski definition) is 0. The van der Waals surface area contributed by atoms with Crippen LogP contribution in [0.15, 0.2) is 55.6 Å². The van der Waals surface area contributed by atoms with E-state index in [2.05, 4.69) is 13.2 Å². The summed E-state index contributed by atoms with van der Waals surface area (Å²) in [4.78, 5) is 28.2. The second kappa shape index (κ2) is 8.91. The van der Waals surface area contributed by atoms with E-state index in [0.717, 1.165) is 12.0 Å². The Bertz CT molecular complexity index is 576. The Hall–Kier alpha value is -2.56. The lowest BCUT2D eigenvalue weighted by Gasteiger charge is -2.28. The van der Waals surface area contributed by atoms with Crippen LogP contribution in [0, 0.1) is 0 Å². The van der Waals surface area contributed by atoms with Crippen molar-refractivity contribution in [1.29, 1.82) is 0 Å². The molecule has 1 saturated heterocycles. The van der Waals surface area contributed by atoms with Crippen molar-refractivity contribution in [2.45, 2.75) is 25.5 Å². The van der Waals surface area contributed by atoms with Gasteiger partial charge in [0.05, 0.1) is 0 Å². The van der Waals surface area contributed by atoms with Crippen LogP contribution in [0.4, 0.5) is 4.79 Å². The van der Waals surface area contributed by atoms with Gasteiger partial charge in [0.2, 0.25) is 5.91 Å². The Balaban J connectivity index is 1.97. The molecule has 1 aliphatic rings. The van der Waals surface area contributed by atoms with Gasteiger partial charge < -0.3 is 9.64 Å². The molecule has 1 aromatic rings.